The van der Waals surface area contributed by atoms with Gasteiger partial charge in [0.15, 0.2) is 23.6 Å². The fourth-order valence-electron chi connectivity index (χ4n) is 12.8. The van der Waals surface area contributed by atoms with Crippen LogP contribution in [-0.4, -0.2) is 133 Å². The summed E-state index contributed by atoms with van der Waals surface area (Å²) in [5.41, 5.74) is -7.99. The van der Waals surface area contributed by atoms with E-state index in [0.717, 1.165) is 5.57 Å². The average Bonchev–Trinajstić information content (AvgIpc) is 3.31. The maximum atomic E-state index is 16.5. The number of hydrogen-bond donors (Lipinski definition) is 2. The molecule has 20 heteroatoms. The Labute approximate surface area is 464 Å². The molecule has 2 saturated carbocycles. The Bertz CT molecular complexity index is 2410. The standard InChI is InChI=1S/C57H85NO16S2Si/c1-19-42(60)70-46-44-35(10)39(68-51(64)45(74-77(32(4)5,33(6)7)34(8)9)38(27-31(2)3)58-52(65)73-53(12,13)14)29-57(66,54(44,15)16)49(71-50(63)37-23-21-20-22-24-37)47-55(17,48(46)62)40(69-43(61)25-26-76-75-18)28-41-56(47,30-67-41)72-36(11)59/h20-24,27,32-34,38-41,45-47,49,66H,19,25-26,28-30H2,1-18H3,(H,58,65)/t38-,39-,40-,41+,45+,46+,47-,49-,55+,56-,57+/m0/s1. The van der Waals surface area contributed by atoms with Crippen LogP contribution in [0.2, 0.25) is 16.6 Å². The SMILES string of the molecule is CCC(=O)O[C@H]1C(=O)[C@]2(C)[C@@H](OC(=O)CCSSC)C[C@H]3OC[C@@]3(OC(C)=O)[C@H]2[C@H](OC(=O)c2ccccc2)[C@]2(O)C[C@H](OC(=O)[C@H](O[Si](C(C)C)(C(C)C)C(C)C)[C@H](C=C(C)C)NC(=O)OC(C)(C)C)C(C)=C1C2(C)C. The molecule has 430 valence electrons. The summed E-state index contributed by atoms with van der Waals surface area (Å²) in [5, 5.41) is 17.3. The largest absolute Gasteiger partial charge is 0.461 e. The minimum Gasteiger partial charge on any atom is -0.461 e. The molecule has 0 spiro atoms. The fraction of sp³-hybridized carbons (Fsp3) is 0.702. The third-order valence-corrected chi connectivity index (χ3v) is 24.1. The van der Waals surface area contributed by atoms with Crippen LogP contribution in [0, 0.1) is 16.7 Å². The van der Waals surface area contributed by atoms with Gasteiger partial charge in [-0.1, -0.05) is 114 Å². The van der Waals surface area contributed by atoms with Gasteiger partial charge in [0.05, 0.1) is 36.0 Å². The average molecular weight is 1130 g/mol. The first-order chi connectivity index (χ1) is 35.7. The van der Waals surface area contributed by atoms with Crippen LogP contribution in [0.25, 0.3) is 0 Å². The molecule has 77 heavy (non-hydrogen) atoms. The molecular formula is C57H85NO16S2Si. The van der Waals surface area contributed by atoms with E-state index in [2.05, 4.69) is 5.32 Å². The molecule has 5 rings (SSSR count). The highest BCUT2D eigenvalue weighted by Gasteiger charge is 2.79. The number of Topliss-reactive ketones (excluding diaryl/α,β-unsaturated/α-hetero) is 1. The highest BCUT2D eigenvalue weighted by molar-refractivity contribution is 8.76. The van der Waals surface area contributed by atoms with Crippen LogP contribution in [0.4, 0.5) is 4.79 Å². The topological polar surface area (TPSA) is 226 Å². The molecule has 1 amide bonds. The van der Waals surface area contributed by atoms with Gasteiger partial charge in [0, 0.05) is 37.4 Å². The molecule has 11 atom stereocenters. The van der Waals surface area contributed by atoms with E-state index in [0.29, 0.717) is 5.75 Å². The second kappa shape index (κ2) is 24.7. The lowest BCUT2D eigenvalue weighted by molar-refractivity contribution is -0.346. The Morgan fingerprint density at radius 1 is 0.909 bits per heavy atom. The van der Waals surface area contributed by atoms with Gasteiger partial charge in [-0.3, -0.25) is 19.2 Å². The third kappa shape index (κ3) is 12.7. The molecule has 1 aromatic rings. The molecule has 17 nitrogen and oxygen atoms in total. The number of ketones is 1. The maximum Gasteiger partial charge on any atom is 0.408 e. The summed E-state index contributed by atoms with van der Waals surface area (Å²) >= 11 is 0. The number of allylic oxidation sites excluding steroid dienone is 1. The molecule has 2 bridgehead atoms. The van der Waals surface area contributed by atoms with Crippen molar-refractivity contribution in [2.45, 2.75) is 219 Å². The van der Waals surface area contributed by atoms with Gasteiger partial charge in [0.25, 0.3) is 0 Å². The van der Waals surface area contributed by atoms with Gasteiger partial charge < -0.3 is 48.0 Å². The molecule has 1 aromatic carbocycles. The molecule has 1 aliphatic heterocycles. The van der Waals surface area contributed by atoms with Crippen molar-refractivity contribution in [3.05, 3.63) is 58.7 Å². The number of amides is 1. The molecule has 4 aliphatic rings. The Hall–Kier alpha value is -4.21. The number of benzene rings is 1. The van der Waals surface area contributed by atoms with Gasteiger partial charge >= 0.3 is 35.9 Å². The van der Waals surface area contributed by atoms with E-state index in [1.165, 1.54) is 47.6 Å². The molecule has 2 N–H and O–H groups in total. The van der Waals surface area contributed by atoms with E-state index in [-0.39, 0.29) is 59.2 Å². The summed E-state index contributed by atoms with van der Waals surface area (Å²) in [6.45, 7) is 29.9. The van der Waals surface area contributed by atoms with Crippen LogP contribution < -0.4 is 5.32 Å². The normalized spacial score (nSPS) is 28.6. The van der Waals surface area contributed by atoms with Gasteiger partial charge in [0.2, 0.25) is 8.32 Å². The van der Waals surface area contributed by atoms with Crippen molar-refractivity contribution < 1.29 is 76.3 Å². The predicted octanol–water partition coefficient (Wildman–Crippen LogP) is 9.97. The second-order valence-corrected chi connectivity index (χ2v) is 32.0. The maximum absolute atomic E-state index is 16.5. The van der Waals surface area contributed by atoms with Crippen molar-refractivity contribution in [1.29, 1.82) is 0 Å². The van der Waals surface area contributed by atoms with Crippen LogP contribution in [0.1, 0.15) is 154 Å². The Kier molecular flexibility index (Phi) is 20.4. The zero-order valence-corrected chi connectivity index (χ0v) is 51.1. The van der Waals surface area contributed by atoms with Crippen LogP contribution >= 0.6 is 21.6 Å². The highest BCUT2D eigenvalue weighted by atomic mass is 33.1. The predicted molar refractivity (Wildman–Crippen MR) is 296 cm³/mol. The number of carbonyl (C=O) groups excluding carboxylic acids is 7. The number of carbonyl (C=O) groups is 7. The number of fused-ring (bicyclic) bond motifs is 5. The fourth-order valence-corrected chi connectivity index (χ4v) is 19.4. The summed E-state index contributed by atoms with van der Waals surface area (Å²) in [6.07, 6.45) is -7.27. The van der Waals surface area contributed by atoms with Crippen LogP contribution in [0.5, 0.6) is 0 Å². The molecule has 0 unspecified atom stereocenters. The summed E-state index contributed by atoms with van der Waals surface area (Å²) in [6, 6.07) is 6.84. The van der Waals surface area contributed by atoms with Crippen LogP contribution in [-0.2, 0) is 61.6 Å². The van der Waals surface area contributed by atoms with Gasteiger partial charge in [0.1, 0.15) is 35.6 Å². The molecule has 1 saturated heterocycles. The number of ether oxygens (including phenoxy) is 7. The van der Waals surface area contributed by atoms with Crippen molar-refractivity contribution in [2.75, 3.05) is 18.6 Å². The summed E-state index contributed by atoms with van der Waals surface area (Å²) in [4.78, 5) is 102. The van der Waals surface area contributed by atoms with E-state index < -0.39 is 133 Å². The van der Waals surface area contributed by atoms with E-state index in [1.54, 1.807) is 72.7 Å². The smallest absolute Gasteiger partial charge is 0.408 e. The van der Waals surface area contributed by atoms with Crippen molar-refractivity contribution in [3.8, 4) is 0 Å². The lowest BCUT2D eigenvalue weighted by atomic mass is 9.44. The highest BCUT2D eigenvalue weighted by Crippen LogP contribution is 2.65. The zero-order chi connectivity index (χ0) is 58.0. The molecule has 0 aromatic heterocycles. The lowest BCUT2D eigenvalue weighted by Gasteiger charge is -2.67. The number of esters is 5. The van der Waals surface area contributed by atoms with Gasteiger partial charge in [-0.25, -0.2) is 14.4 Å². The Morgan fingerprint density at radius 3 is 2.03 bits per heavy atom. The van der Waals surface area contributed by atoms with Crippen molar-refractivity contribution in [2.24, 2.45) is 16.7 Å². The Balaban J connectivity index is 1.87. The van der Waals surface area contributed by atoms with E-state index >= 15 is 9.59 Å². The Morgan fingerprint density at radius 2 is 1.52 bits per heavy atom. The molecule has 1 heterocycles. The molecule has 3 aliphatic carbocycles. The minimum atomic E-state index is -3.05. The summed E-state index contributed by atoms with van der Waals surface area (Å²) in [5.74, 6) is -6.10. The number of rotatable bonds is 20. The van der Waals surface area contributed by atoms with E-state index in [9.17, 15) is 29.1 Å². The molecular weight excluding hydrogens is 1050 g/mol. The molecule has 3 fully saturated rings. The van der Waals surface area contributed by atoms with Gasteiger partial charge in [-0.2, -0.15) is 0 Å². The van der Waals surface area contributed by atoms with Crippen molar-refractivity contribution in [1.82, 2.24) is 5.32 Å². The number of alkyl carbamates (subject to hydrolysis) is 1. The number of aliphatic hydroxyl groups is 1. The molecule has 0 radical (unpaired) electrons. The third-order valence-electron chi connectivity index (χ3n) is 16.2. The van der Waals surface area contributed by atoms with Crippen molar-refractivity contribution >= 4 is 71.6 Å². The second-order valence-electron chi connectivity index (χ2n) is 23.9. The first-order valence-corrected chi connectivity index (χ1v) is 31.7. The van der Waals surface area contributed by atoms with Crippen molar-refractivity contribution in [3.63, 3.8) is 0 Å². The van der Waals surface area contributed by atoms with E-state index in [1.807, 2.05) is 61.6 Å². The number of hydrogen-bond acceptors (Lipinski definition) is 18. The van der Waals surface area contributed by atoms with Crippen LogP contribution in [0.3, 0.4) is 0 Å². The summed E-state index contributed by atoms with van der Waals surface area (Å²) < 4.78 is 51.5. The van der Waals surface area contributed by atoms with Gasteiger partial charge in [-0.15, -0.1) is 0 Å². The number of nitrogens with one attached hydrogen (secondary N) is 1. The van der Waals surface area contributed by atoms with Gasteiger partial charge in [-0.05, 0) is 94.6 Å². The first-order valence-electron chi connectivity index (χ1n) is 26.8. The monoisotopic (exact) mass is 1130 g/mol. The van der Waals surface area contributed by atoms with E-state index in [4.69, 9.17) is 37.6 Å². The minimum absolute atomic E-state index is 0.0475. The first kappa shape index (κ1) is 63.6. The lowest BCUT2D eigenvalue weighted by Crippen LogP contribution is -2.82. The van der Waals surface area contributed by atoms with Crippen LogP contribution in [0.15, 0.2) is 53.1 Å². The summed E-state index contributed by atoms with van der Waals surface area (Å²) in [7, 11) is -0.152. The quantitative estimate of drug-likeness (QED) is 0.0309. The zero-order valence-electron chi connectivity index (χ0n) is 48.4.